The van der Waals surface area contributed by atoms with Crippen LogP contribution in [0.5, 0.6) is 0 Å². The van der Waals surface area contributed by atoms with Crippen LogP contribution in [0.25, 0.3) is 0 Å². The van der Waals surface area contributed by atoms with Gasteiger partial charge in [-0.25, -0.2) is 0 Å². The molecule has 0 radical (unpaired) electrons. The van der Waals surface area contributed by atoms with Gasteiger partial charge in [0.2, 0.25) is 0 Å². The molecule has 1 N–H and O–H groups in total. The van der Waals surface area contributed by atoms with Crippen LogP contribution in [0.1, 0.15) is 47.0 Å². The summed E-state index contributed by atoms with van der Waals surface area (Å²) < 4.78 is 5.73. The third kappa shape index (κ3) is 4.64. The van der Waals surface area contributed by atoms with E-state index in [9.17, 15) is 4.79 Å². The molecular formula is C13H25NO3. The molecule has 1 fully saturated rings. The zero-order valence-corrected chi connectivity index (χ0v) is 11.3. The third-order valence-corrected chi connectivity index (χ3v) is 3.39. The molecule has 0 spiro atoms. The number of hydrogen-bond donors (Lipinski definition) is 1. The first kappa shape index (κ1) is 14.5. The molecule has 0 aliphatic carbocycles. The maximum atomic E-state index is 10.7. The van der Waals surface area contributed by atoms with E-state index in [1.807, 2.05) is 0 Å². The lowest BCUT2D eigenvalue weighted by Crippen LogP contribution is -2.47. The molecule has 1 aliphatic heterocycles. The maximum absolute atomic E-state index is 10.7. The highest BCUT2D eigenvalue weighted by molar-refractivity contribution is 5.66. The summed E-state index contributed by atoms with van der Waals surface area (Å²) in [6.07, 6.45) is 2.77. The molecular weight excluding hydrogens is 218 g/mol. The van der Waals surface area contributed by atoms with Gasteiger partial charge in [-0.1, -0.05) is 0 Å². The van der Waals surface area contributed by atoms with Crippen molar-refractivity contribution in [1.82, 2.24) is 4.90 Å². The minimum absolute atomic E-state index is 0.221. The molecule has 100 valence electrons. The summed E-state index contributed by atoms with van der Waals surface area (Å²) in [6.45, 7) is 9.09. The van der Waals surface area contributed by atoms with E-state index in [4.69, 9.17) is 9.84 Å². The molecule has 0 aromatic rings. The fourth-order valence-electron chi connectivity index (χ4n) is 2.73. The van der Waals surface area contributed by atoms with Crippen molar-refractivity contribution < 1.29 is 14.6 Å². The number of ether oxygens (including phenoxy) is 1. The molecule has 2 atom stereocenters. The second-order valence-electron chi connectivity index (χ2n) is 5.36. The predicted octanol–water partition coefficient (Wildman–Crippen LogP) is 2.13. The lowest BCUT2D eigenvalue weighted by atomic mass is 9.97. The van der Waals surface area contributed by atoms with Crippen molar-refractivity contribution in [2.24, 2.45) is 0 Å². The molecule has 1 heterocycles. The van der Waals surface area contributed by atoms with Crippen molar-refractivity contribution in [1.29, 1.82) is 0 Å². The molecule has 2 unspecified atom stereocenters. The van der Waals surface area contributed by atoms with Gasteiger partial charge >= 0.3 is 5.97 Å². The average molecular weight is 243 g/mol. The fourth-order valence-corrected chi connectivity index (χ4v) is 2.73. The number of carboxylic acids is 1. The summed E-state index contributed by atoms with van der Waals surface area (Å²) in [5.41, 5.74) is 0. The first-order valence-electron chi connectivity index (χ1n) is 6.53. The summed E-state index contributed by atoms with van der Waals surface area (Å²) in [7, 11) is 0. The first-order valence-corrected chi connectivity index (χ1v) is 6.53. The van der Waals surface area contributed by atoms with Crippen molar-refractivity contribution in [2.75, 3.05) is 6.54 Å². The van der Waals surface area contributed by atoms with Crippen molar-refractivity contribution in [3.8, 4) is 0 Å². The fraction of sp³-hybridized carbons (Fsp3) is 0.923. The van der Waals surface area contributed by atoms with E-state index in [1.165, 1.54) is 0 Å². The molecule has 17 heavy (non-hydrogen) atoms. The highest BCUT2D eigenvalue weighted by Gasteiger charge is 2.30. The Morgan fingerprint density at radius 2 is 1.88 bits per heavy atom. The van der Waals surface area contributed by atoms with Gasteiger partial charge in [-0.05, 0) is 40.5 Å². The SMILES string of the molecule is CC1CC(N(CCC(=O)O)C(C)C)CC(C)O1. The number of rotatable bonds is 5. The Hall–Kier alpha value is -0.610. The van der Waals surface area contributed by atoms with Gasteiger partial charge in [0.05, 0.1) is 18.6 Å². The van der Waals surface area contributed by atoms with Gasteiger partial charge in [-0.2, -0.15) is 0 Å². The van der Waals surface area contributed by atoms with Crippen LogP contribution < -0.4 is 0 Å². The zero-order valence-electron chi connectivity index (χ0n) is 11.3. The molecule has 1 saturated heterocycles. The van der Waals surface area contributed by atoms with Crippen molar-refractivity contribution in [3.63, 3.8) is 0 Å². The molecule has 1 aliphatic rings. The highest BCUT2D eigenvalue weighted by atomic mass is 16.5. The normalized spacial score (nSPS) is 29.9. The number of carbonyl (C=O) groups is 1. The van der Waals surface area contributed by atoms with Crippen LogP contribution in [0.3, 0.4) is 0 Å². The Labute approximate surface area is 104 Å². The van der Waals surface area contributed by atoms with Gasteiger partial charge in [-0.3, -0.25) is 9.69 Å². The predicted molar refractivity (Wildman–Crippen MR) is 67.1 cm³/mol. The monoisotopic (exact) mass is 243 g/mol. The molecule has 0 saturated carbocycles. The summed E-state index contributed by atoms with van der Waals surface area (Å²) in [6, 6.07) is 0.838. The van der Waals surface area contributed by atoms with E-state index in [-0.39, 0.29) is 18.6 Å². The molecule has 1 rings (SSSR count). The zero-order chi connectivity index (χ0) is 13.0. The number of carboxylic acid groups (broad SMARTS) is 1. The van der Waals surface area contributed by atoms with E-state index in [0.29, 0.717) is 18.6 Å². The van der Waals surface area contributed by atoms with Gasteiger partial charge < -0.3 is 9.84 Å². The van der Waals surface area contributed by atoms with E-state index < -0.39 is 5.97 Å². The van der Waals surface area contributed by atoms with Gasteiger partial charge in [0.1, 0.15) is 0 Å². The van der Waals surface area contributed by atoms with Crippen molar-refractivity contribution >= 4 is 5.97 Å². The van der Waals surface area contributed by atoms with Crippen LogP contribution in [0.4, 0.5) is 0 Å². The Kier molecular flexibility index (Phi) is 5.40. The summed E-state index contributed by atoms with van der Waals surface area (Å²) in [5, 5.41) is 8.80. The van der Waals surface area contributed by atoms with Gasteiger partial charge in [0.15, 0.2) is 0 Å². The van der Waals surface area contributed by atoms with Gasteiger partial charge in [0, 0.05) is 18.6 Å². The standard InChI is InChI=1S/C13H25NO3/c1-9(2)14(6-5-13(15)16)12-7-10(3)17-11(4)8-12/h9-12H,5-8H2,1-4H3,(H,15,16). The smallest absolute Gasteiger partial charge is 0.304 e. The molecule has 4 nitrogen and oxygen atoms in total. The Morgan fingerprint density at radius 1 is 1.35 bits per heavy atom. The van der Waals surface area contributed by atoms with Crippen LogP contribution in [-0.2, 0) is 9.53 Å². The summed E-state index contributed by atoms with van der Waals surface area (Å²) in [4.78, 5) is 13.0. The van der Waals surface area contributed by atoms with Crippen molar-refractivity contribution in [2.45, 2.75) is 71.2 Å². The Balaban J connectivity index is 2.59. The summed E-state index contributed by atoms with van der Waals surface area (Å²) in [5.74, 6) is -0.719. The second kappa shape index (κ2) is 6.36. The van der Waals surface area contributed by atoms with Crippen molar-refractivity contribution in [3.05, 3.63) is 0 Å². The topological polar surface area (TPSA) is 49.8 Å². The quantitative estimate of drug-likeness (QED) is 0.803. The van der Waals surface area contributed by atoms with Crippen LogP contribution in [-0.4, -0.2) is 46.8 Å². The number of nitrogens with zero attached hydrogens (tertiary/aromatic N) is 1. The highest BCUT2D eigenvalue weighted by Crippen LogP contribution is 2.25. The van der Waals surface area contributed by atoms with Crippen LogP contribution in [0.2, 0.25) is 0 Å². The van der Waals surface area contributed by atoms with Crippen LogP contribution in [0, 0.1) is 0 Å². The molecule has 4 heteroatoms. The second-order valence-corrected chi connectivity index (χ2v) is 5.36. The van der Waals surface area contributed by atoms with E-state index >= 15 is 0 Å². The van der Waals surface area contributed by atoms with Crippen LogP contribution >= 0.6 is 0 Å². The minimum atomic E-state index is -0.719. The molecule has 0 aromatic heterocycles. The number of aliphatic carboxylic acids is 1. The largest absolute Gasteiger partial charge is 0.481 e. The Bertz CT molecular complexity index is 245. The average Bonchev–Trinajstić information content (AvgIpc) is 2.14. The van der Waals surface area contributed by atoms with Gasteiger partial charge in [0.25, 0.3) is 0 Å². The Morgan fingerprint density at radius 3 is 2.29 bits per heavy atom. The van der Waals surface area contributed by atoms with E-state index in [1.54, 1.807) is 0 Å². The molecule has 0 aromatic carbocycles. The number of hydrogen-bond acceptors (Lipinski definition) is 3. The maximum Gasteiger partial charge on any atom is 0.304 e. The summed E-state index contributed by atoms with van der Waals surface area (Å²) >= 11 is 0. The van der Waals surface area contributed by atoms with Crippen LogP contribution in [0.15, 0.2) is 0 Å². The van der Waals surface area contributed by atoms with E-state index in [0.717, 1.165) is 12.8 Å². The van der Waals surface area contributed by atoms with E-state index in [2.05, 4.69) is 32.6 Å². The van der Waals surface area contributed by atoms with Gasteiger partial charge in [-0.15, -0.1) is 0 Å². The molecule has 0 amide bonds. The first-order chi connectivity index (χ1) is 7.90. The minimum Gasteiger partial charge on any atom is -0.481 e. The lowest BCUT2D eigenvalue weighted by molar-refractivity contribution is -0.138. The molecule has 0 bridgehead atoms. The lowest BCUT2D eigenvalue weighted by Gasteiger charge is -2.41. The third-order valence-electron chi connectivity index (χ3n) is 3.39.